The molecule has 2 atom stereocenters. The van der Waals surface area contributed by atoms with Gasteiger partial charge in [0.05, 0.1) is 17.4 Å². The number of ether oxygens (including phenoxy) is 2. The van der Waals surface area contributed by atoms with Crippen LogP contribution in [0, 0.1) is 0 Å². The van der Waals surface area contributed by atoms with Gasteiger partial charge in [0, 0.05) is 18.0 Å². The number of alkyl carbamates (subject to hydrolysis) is 1. The van der Waals surface area contributed by atoms with Crippen LogP contribution in [0.5, 0.6) is 0 Å². The highest BCUT2D eigenvalue weighted by molar-refractivity contribution is 5.98. The molecule has 0 aliphatic carbocycles. The van der Waals surface area contributed by atoms with E-state index in [4.69, 9.17) is 9.47 Å². The molecule has 0 radical (unpaired) electrons. The summed E-state index contributed by atoms with van der Waals surface area (Å²) in [6.45, 7) is 10.1. The lowest BCUT2D eigenvalue weighted by Gasteiger charge is -2.28. The van der Waals surface area contributed by atoms with Crippen LogP contribution in [-0.2, 0) is 19.1 Å². The summed E-state index contributed by atoms with van der Waals surface area (Å²) < 4.78 is 10.6. The smallest absolute Gasteiger partial charge is 0.411 e. The van der Waals surface area contributed by atoms with E-state index < -0.39 is 47.3 Å². The molecule has 11 nitrogen and oxygen atoms in total. The maximum absolute atomic E-state index is 13.2. The van der Waals surface area contributed by atoms with Crippen molar-refractivity contribution < 1.29 is 28.7 Å². The molecule has 2 aromatic rings. The molecule has 1 aliphatic heterocycles. The van der Waals surface area contributed by atoms with Gasteiger partial charge in [-0.05, 0) is 60.1 Å². The number of hydrogen-bond acceptors (Lipinski definition) is 7. The van der Waals surface area contributed by atoms with Crippen molar-refractivity contribution in [3.05, 3.63) is 36.5 Å². The zero-order chi connectivity index (χ0) is 27.4. The lowest BCUT2D eigenvalue weighted by molar-refractivity contribution is -0.121. The predicted octanol–water partition coefficient (Wildman–Crippen LogP) is 3.19. The number of amides is 4. The van der Waals surface area contributed by atoms with Crippen molar-refractivity contribution in [1.29, 1.82) is 0 Å². The van der Waals surface area contributed by atoms with E-state index >= 15 is 0 Å². The van der Waals surface area contributed by atoms with Crippen molar-refractivity contribution in [2.45, 2.75) is 71.2 Å². The van der Waals surface area contributed by atoms with Gasteiger partial charge >= 0.3 is 12.2 Å². The number of para-hydroxylation sites is 1. The van der Waals surface area contributed by atoms with Gasteiger partial charge in [-0.25, -0.2) is 9.59 Å². The Morgan fingerprint density at radius 2 is 1.70 bits per heavy atom. The minimum absolute atomic E-state index is 0.0706. The molecule has 4 amide bonds. The number of carbonyl (C=O) groups excluding carboxylic acids is 4. The molecule has 200 valence electrons. The molecular formula is C26H35N5O6. The number of benzene rings is 1. The molecule has 1 saturated heterocycles. The first-order valence-electron chi connectivity index (χ1n) is 12.1. The van der Waals surface area contributed by atoms with Crippen LogP contribution in [0.2, 0.25) is 0 Å². The number of aromatic nitrogens is 1. The topological polar surface area (TPSA) is 139 Å². The van der Waals surface area contributed by atoms with Crippen LogP contribution in [0.25, 0.3) is 10.9 Å². The maximum Gasteiger partial charge on any atom is 0.411 e. The Balaban J connectivity index is 1.67. The van der Waals surface area contributed by atoms with Crippen molar-refractivity contribution >= 4 is 40.6 Å². The van der Waals surface area contributed by atoms with Crippen LogP contribution in [0.15, 0.2) is 36.5 Å². The molecule has 0 bridgehead atoms. The monoisotopic (exact) mass is 513 g/mol. The molecule has 37 heavy (non-hydrogen) atoms. The average Bonchev–Trinajstić information content (AvgIpc) is 3.19. The quantitative estimate of drug-likeness (QED) is 0.558. The summed E-state index contributed by atoms with van der Waals surface area (Å²) in [4.78, 5) is 56.1. The molecule has 1 fully saturated rings. The first-order valence-corrected chi connectivity index (χ1v) is 12.1. The van der Waals surface area contributed by atoms with E-state index in [1.54, 1.807) is 53.8 Å². The fraction of sp³-hybridized carbons (Fsp3) is 0.500. The Bertz CT molecular complexity index is 1170. The van der Waals surface area contributed by atoms with Crippen LogP contribution in [0.1, 0.15) is 48.0 Å². The number of anilines is 1. The highest BCUT2D eigenvalue weighted by atomic mass is 16.6. The lowest BCUT2D eigenvalue weighted by atomic mass is 10.1. The van der Waals surface area contributed by atoms with Gasteiger partial charge in [-0.15, -0.1) is 0 Å². The fourth-order valence-corrected chi connectivity index (χ4v) is 3.82. The van der Waals surface area contributed by atoms with Gasteiger partial charge in [-0.1, -0.05) is 18.2 Å². The molecule has 0 spiro atoms. The number of hydrogen-bond donors (Lipinski definition) is 3. The average molecular weight is 514 g/mol. The number of nitrogens with zero attached hydrogens (tertiary/aromatic N) is 2. The van der Waals surface area contributed by atoms with Gasteiger partial charge in [0.15, 0.2) is 0 Å². The molecule has 1 unspecified atom stereocenters. The third kappa shape index (κ3) is 8.33. The third-order valence-electron chi connectivity index (χ3n) is 5.25. The Kier molecular flexibility index (Phi) is 8.25. The van der Waals surface area contributed by atoms with E-state index in [2.05, 4.69) is 20.9 Å². The van der Waals surface area contributed by atoms with E-state index in [-0.39, 0.29) is 19.5 Å². The molecule has 3 rings (SSSR count). The maximum atomic E-state index is 13.2. The second-order valence-corrected chi connectivity index (χ2v) is 10.9. The van der Waals surface area contributed by atoms with Gasteiger partial charge in [0.25, 0.3) is 0 Å². The molecule has 2 heterocycles. The van der Waals surface area contributed by atoms with Crippen LogP contribution in [-0.4, -0.2) is 70.3 Å². The standard InChI is InChI=1S/C26H35N5O6/c1-25(2,3)36-23(34)28-14-21(32)29-18-12-20(31(15-18)24(35)37-26(4,5)6)22(33)30-17-11-16-9-7-8-10-19(16)27-13-17/h7-11,13,18,20H,12,14-15H2,1-6H3,(H,28,34)(H,29,32)(H,30,33)/t18?,20-/m0/s1. The fourth-order valence-electron chi connectivity index (χ4n) is 3.82. The predicted molar refractivity (Wildman–Crippen MR) is 138 cm³/mol. The van der Waals surface area contributed by atoms with Crippen LogP contribution in [0.4, 0.5) is 15.3 Å². The molecule has 0 saturated carbocycles. The van der Waals surface area contributed by atoms with Crippen LogP contribution < -0.4 is 16.0 Å². The van der Waals surface area contributed by atoms with E-state index in [0.717, 1.165) is 10.9 Å². The highest BCUT2D eigenvalue weighted by Gasteiger charge is 2.42. The summed E-state index contributed by atoms with van der Waals surface area (Å²) >= 11 is 0. The number of rotatable bonds is 5. The van der Waals surface area contributed by atoms with E-state index in [1.807, 2.05) is 24.3 Å². The SMILES string of the molecule is CC(C)(C)OC(=O)NCC(=O)NC1C[C@@H](C(=O)Nc2cnc3ccccc3c2)N(C(=O)OC(C)(C)C)C1. The number of nitrogens with one attached hydrogen (secondary N) is 3. The van der Waals surface area contributed by atoms with Crippen molar-refractivity contribution in [1.82, 2.24) is 20.5 Å². The van der Waals surface area contributed by atoms with Crippen molar-refractivity contribution in [2.75, 3.05) is 18.4 Å². The second-order valence-electron chi connectivity index (χ2n) is 10.9. The van der Waals surface area contributed by atoms with Gasteiger partial charge < -0.3 is 25.4 Å². The number of carbonyl (C=O) groups is 4. The molecule has 1 aromatic carbocycles. The Morgan fingerprint density at radius 3 is 2.38 bits per heavy atom. The number of likely N-dealkylation sites (tertiary alicyclic amines) is 1. The normalized spacial score (nSPS) is 17.7. The molecular weight excluding hydrogens is 478 g/mol. The Labute approximate surface area is 216 Å². The third-order valence-corrected chi connectivity index (χ3v) is 5.25. The lowest BCUT2D eigenvalue weighted by Crippen LogP contribution is -2.46. The highest BCUT2D eigenvalue weighted by Crippen LogP contribution is 2.24. The Morgan fingerprint density at radius 1 is 1.03 bits per heavy atom. The molecule has 3 N–H and O–H groups in total. The summed E-state index contributed by atoms with van der Waals surface area (Å²) in [5.74, 6) is -0.897. The summed E-state index contributed by atoms with van der Waals surface area (Å²) in [5, 5.41) is 8.84. The Hall–Kier alpha value is -3.89. The van der Waals surface area contributed by atoms with Gasteiger partial charge in [0.2, 0.25) is 11.8 Å². The molecule has 11 heteroatoms. The number of pyridine rings is 1. The van der Waals surface area contributed by atoms with Gasteiger partial charge in [-0.3, -0.25) is 19.5 Å². The van der Waals surface area contributed by atoms with E-state index in [0.29, 0.717) is 5.69 Å². The zero-order valence-corrected chi connectivity index (χ0v) is 22.1. The van der Waals surface area contributed by atoms with Crippen LogP contribution in [0.3, 0.4) is 0 Å². The van der Waals surface area contributed by atoms with Crippen molar-refractivity contribution in [3.8, 4) is 0 Å². The minimum Gasteiger partial charge on any atom is -0.444 e. The summed E-state index contributed by atoms with van der Waals surface area (Å²) in [6.07, 6.45) is 0.345. The van der Waals surface area contributed by atoms with Gasteiger partial charge in [-0.2, -0.15) is 0 Å². The minimum atomic E-state index is -0.884. The largest absolute Gasteiger partial charge is 0.444 e. The zero-order valence-electron chi connectivity index (χ0n) is 22.1. The van der Waals surface area contributed by atoms with Gasteiger partial charge in [0.1, 0.15) is 23.8 Å². The summed E-state index contributed by atoms with van der Waals surface area (Å²) in [6, 6.07) is 7.90. The van der Waals surface area contributed by atoms with Crippen LogP contribution >= 0.6 is 0 Å². The second kappa shape index (κ2) is 11.0. The molecule has 1 aromatic heterocycles. The summed E-state index contributed by atoms with van der Waals surface area (Å²) in [7, 11) is 0. The first kappa shape index (κ1) is 27.7. The van der Waals surface area contributed by atoms with E-state index in [1.165, 1.54) is 4.90 Å². The van der Waals surface area contributed by atoms with E-state index in [9.17, 15) is 19.2 Å². The first-order chi connectivity index (χ1) is 17.2. The summed E-state index contributed by atoms with van der Waals surface area (Å²) in [5.41, 5.74) is -0.179. The van der Waals surface area contributed by atoms with Crippen molar-refractivity contribution in [3.63, 3.8) is 0 Å². The number of fused-ring (bicyclic) bond motifs is 1. The van der Waals surface area contributed by atoms with Crippen molar-refractivity contribution in [2.24, 2.45) is 0 Å². The molecule has 1 aliphatic rings.